The Labute approximate surface area is 111 Å². The molecule has 1 heterocycles. The van der Waals surface area contributed by atoms with Gasteiger partial charge in [-0.3, -0.25) is 4.79 Å². The van der Waals surface area contributed by atoms with E-state index >= 15 is 0 Å². The topological polar surface area (TPSA) is 38.3 Å². The first kappa shape index (κ1) is 12.7. The van der Waals surface area contributed by atoms with E-state index in [1.165, 1.54) is 0 Å². The average molecular weight is 272 g/mol. The van der Waals surface area contributed by atoms with Gasteiger partial charge < -0.3 is 10.1 Å². The van der Waals surface area contributed by atoms with Crippen LogP contribution < -0.4 is 5.32 Å². The maximum Gasteiger partial charge on any atom is 0.253 e. The third kappa shape index (κ3) is 3.37. The zero-order valence-corrected chi connectivity index (χ0v) is 10.9. The molecule has 1 saturated heterocycles. The fourth-order valence-corrected chi connectivity index (χ4v) is 2.20. The van der Waals surface area contributed by atoms with Gasteiger partial charge in [-0.2, -0.15) is 0 Å². The standard InChI is InChI=1S/C12H14ClNO2S/c13-11-2-1-9(17)7-10(11)12(15)14-8-3-5-16-6-4-8/h1-2,7-8,17H,3-6H2,(H,14,15). The molecule has 1 aromatic rings. The lowest BCUT2D eigenvalue weighted by atomic mass is 10.1. The van der Waals surface area contributed by atoms with Crippen LogP contribution in [0.25, 0.3) is 0 Å². The number of benzene rings is 1. The summed E-state index contributed by atoms with van der Waals surface area (Å²) < 4.78 is 5.24. The summed E-state index contributed by atoms with van der Waals surface area (Å²) in [5, 5.41) is 3.42. The van der Waals surface area contributed by atoms with E-state index in [-0.39, 0.29) is 11.9 Å². The molecule has 1 aromatic carbocycles. The Morgan fingerprint density at radius 2 is 2.12 bits per heavy atom. The number of hydrogen-bond acceptors (Lipinski definition) is 3. The van der Waals surface area contributed by atoms with Crippen LogP contribution in [0.3, 0.4) is 0 Å². The number of rotatable bonds is 2. The third-order valence-corrected chi connectivity index (χ3v) is 3.36. The summed E-state index contributed by atoms with van der Waals surface area (Å²) in [6, 6.07) is 5.30. The van der Waals surface area contributed by atoms with Crippen LogP contribution >= 0.6 is 24.2 Å². The van der Waals surface area contributed by atoms with E-state index in [0.717, 1.165) is 17.7 Å². The monoisotopic (exact) mass is 271 g/mol. The summed E-state index contributed by atoms with van der Waals surface area (Å²) in [6.45, 7) is 1.40. The van der Waals surface area contributed by atoms with Gasteiger partial charge >= 0.3 is 0 Å². The highest BCUT2D eigenvalue weighted by Crippen LogP contribution is 2.20. The normalized spacial score (nSPS) is 16.8. The Morgan fingerprint density at radius 3 is 2.82 bits per heavy atom. The predicted octanol–water partition coefficient (Wildman–Crippen LogP) is 2.54. The second-order valence-electron chi connectivity index (χ2n) is 4.02. The highest BCUT2D eigenvalue weighted by atomic mass is 35.5. The molecule has 2 rings (SSSR count). The van der Waals surface area contributed by atoms with Crippen molar-refractivity contribution in [3.8, 4) is 0 Å². The Morgan fingerprint density at radius 1 is 1.41 bits per heavy atom. The van der Waals surface area contributed by atoms with Crippen molar-refractivity contribution in [1.29, 1.82) is 0 Å². The third-order valence-electron chi connectivity index (χ3n) is 2.75. The van der Waals surface area contributed by atoms with Crippen molar-refractivity contribution in [3.63, 3.8) is 0 Å². The Hall–Kier alpha value is -0.710. The first-order valence-electron chi connectivity index (χ1n) is 5.54. The summed E-state index contributed by atoms with van der Waals surface area (Å²) in [5.41, 5.74) is 0.477. The number of carbonyl (C=O) groups excluding carboxylic acids is 1. The van der Waals surface area contributed by atoms with Gasteiger partial charge in [0.15, 0.2) is 0 Å². The summed E-state index contributed by atoms with van der Waals surface area (Å²) >= 11 is 10.2. The quantitative estimate of drug-likeness (QED) is 0.812. The molecule has 1 fully saturated rings. The van der Waals surface area contributed by atoms with Crippen molar-refractivity contribution in [2.24, 2.45) is 0 Å². The molecule has 0 atom stereocenters. The molecule has 0 bridgehead atoms. The lowest BCUT2D eigenvalue weighted by Crippen LogP contribution is -2.39. The van der Waals surface area contributed by atoms with Crippen LogP contribution in [-0.4, -0.2) is 25.2 Å². The molecular weight excluding hydrogens is 258 g/mol. The molecule has 1 N–H and O–H groups in total. The molecule has 1 aliphatic rings. The number of hydrogen-bond donors (Lipinski definition) is 2. The van der Waals surface area contributed by atoms with E-state index in [9.17, 15) is 4.79 Å². The second kappa shape index (κ2) is 5.76. The first-order valence-corrected chi connectivity index (χ1v) is 6.36. The van der Waals surface area contributed by atoms with Crippen molar-refractivity contribution in [3.05, 3.63) is 28.8 Å². The molecular formula is C12H14ClNO2S. The maximum absolute atomic E-state index is 12.0. The molecule has 0 unspecified atom stereocenters. The number of amides is 1. The SMILES string of the molecule is O=C(NC1CCOCC1)c1cc(S)ccc1Cl. The van der Waals surface area contributed by atoms with Crippen LogP contribution in [-0.2, 0) is 4.74 Å². The molecule has 0 aromatic heterocycles. The van der Waals surface area contributed by atoms with Gasteiger partial charge in [0.05, 0.1) is 10.6 Å². The van der Waals surface area contributed by atoms with Crippen molar-refractivity contribution < 1.29 is 9.53 Å². The molecule has 3 nitrogen and oxygen atoms in total. The number of thiol groups is 1. The molecule has 1 amide bonds. The van der Waals surface area contributed by atoms with Crippen molar-refractivity contribution in [2.75, 3.05) is 13.2 Å². The number of nitrogens with one attached hydrogen (secondary N) is 1. The van der Waals surface area contributed by atoms with Crippen LogP contribution in [0, 0.1) is 0 Å². The Balaban J connectivity index is 2.05. The average Bonchev–Trinajstić information content (AvgIpc) is 2.33. The number of halogens is 1. The lowest BCUT2D eigenvalue weighted by Gasteiger charge is -2.23. The molecule has 0 aliphatic carbocycles. The minimum atomic E-state index is -0.141. The van der Waals surface area contributed by atoms with Crippen LogP contribution in [0.2, 0.25) is 5.02 Å². The van der Waals surface area contributed by atoms with Crippen LogP contribution in [0.4, 0.5) is 0 Å². The van der Waals surface area contributed by atoms with E-state index < -0.39 is 0 Å². The van der Waals surface area contributed by atoms with Gasteiger partial charge in [0, 0.05) is 24.2 Å². The maximum atomic E-state index is 12.0. The Bertz CT molecular complexity index is 419. The molecule has 5 heteroatoms. The zero-order valence-electron chi connectivity index (χ0n) is 9.28. The van der Waals surface area contributed by atoms with Crippen LogP contribution in [0.15, 0.2) is 23.1 Å². The zero-order chi connectivity index (χ0) is 12.3. The van der Waals surface area contributed by atoms with Crippen molar-refractivity contribution in [2.45, 2.75) is 23.8 Å². The van der Waals surface area contributed by atoms with Gasteiger partial charge in [0.25, 0.3) is 5.91 Å². The first-order chi connectivity index (χ1) is 8.16. The van der Waals surface area contributed by atoms with Gasteiger partial charge in [-0.1, -0.05) is 11.6 Å². The second-order valence-corrected chi connectivity index (χ2v) is 4.95. The van der Waals surface area contributed by atoms with Gasteiger partial charge in [-0.25, -0.2) is 0 Å². The molecule has 17 heavy (non-hydrogen) atoms. The summed E-state index contributed by atoms with van der Waals surface area (Å²) in [4.78, 5) is 12.7. The molecule has 0 saturated carbocycles. The summed E-state index contributed by atoms with van der Waals surface area (Å²) in [6.07, 6.45) is 1.70. The van der Waals surface area contributed by atoms with Crippen LogP contribution in [0.5, 0.6) is 0 Å². The summed E-state index contributed by atoms with van der Waals surface area (Å²) in [7, 11) is 0. The van der Waals surface area contributed by atoms with E-state index in [0.29, 0.717) is 23.8 Å². The van der Waals surface area contributed by atoms with Crippen molar-refractivity contribution >= 4 is 30.1 Å². The Kier molecular flexibility index (Phi) is 4.31. The van der Waals surface area contributed by atoms with E-state index in [1.807, 2.05) is 0 Å². The predicted molar refractivity (Wildman–Crippen MR) is 70.0 cm³/mol. The van der Waals surface area contributed by atoms with E-state index in [1.54, 1.807) is 18.2 Å². The van der Waals surface area contributed by atoms with E-state index in [4.69, 9.17) is 16.3 Å². The highest BCUT2D eigenvalue weighted by molar-refractivity contribution is 7.80. The minimum absolute atomic E-state index is 0.141. The fourth-order valence-electron chi connectivity index (χ4n) is 1.79. The lowest BCUT2D eigenvalue weighted by molar-refractivity contribution is 0.0696. The largest absolute Gasteiger partial charge is 0.381 e. The molecule has 0 spiro atoms. The van der Waals surface area contributed by atoms with Gasteiger partial charge in [0.1, 0.15) is 0 Å². The van der Waals surface area contributed by atoms with Crippen LogP contribution in [0.1, 0.15) is 23.2 Å². The molecule has 1 aliphatic heterocycles. The molecule has 92 valence electrons. The van der Waals surface area contributed by atoms with E-state index in [2.05, 4.69) is 17.9 Å². The highest BCUT2D eigenvalue weighted by Gasteiger charge is 2.18. The number of carbonyl (C=O) groups is 1. The van der Waals surface area contributed by atoms with Crippen molar-refractivity contribution in [1.82, 2.24) is 5.32 Å². The summed E-state index contributed by atoms with van der Waals surface area (Å²) in [5.74, 6) is -0.141. The minimum Gasteiger partial charge on any atom is -0.381 e. The smallest absolute Gasteiger partial charge is 0.253 e. The fraction of sp³-hybridized carbons (Fsp3) is 0.417. The van der Waals surface area contributed by atoms with Gasteiger partial charge in [-0.15, -0.1) is 12.6 Å². The van der Waals surface area contributed by atoms with Gasteiger partial charge in [-0.05, 0) is 31.0 Å². The number of ether oxygens (including phenoxy) is 1. The van der Waals surface area contributed by atoms with Gasteiger partial charge in [0.2, 0.25) is 0 Å². The molecule has 0 radical (unpaired) electrons.